The number of nitrogens with one attached hydrogen (secondary N) is 1. The van der Waals surface area contributed by atoms with E-state index in [0.717, 1.165) is 18.6 Å². The summed E-state index contributed by atoms with van der Waals surface area (Å²) in [6.45, 7) is 3.98. The first kappa shape index (κ1) is 21.8. The lowest BCUT2D eigenvalue weighted by Gasteiger charge is -2.13. The van der Waals surface area contributed by atoms with Crippen LogP contribution in [0, 0.1) is 11.6 Å². The average Bonchev–Trinajstić information content (AvgIpc) is 3.19. The molecule has 3 aromatic carbocycles. The number of anilines is 1. The molecule has 8 heteroatoms. The van der Waals surface area contributed by atoms with Crippen molar-refractivity contribution in [3.63, 3.8) is 0 Å². The van der Waals surface area contributed by atoms with Gasteiger partial charge in [-0.1, -0.05) is 24.6 Å². The fraction of sp³-hybridized carbons (Fsp3) is 0.167. The van der Waals surface area contributed by atoms with Gasteiger partial charge in [0.25, 0.3) is 5.91 Å². The molecule has 0 fully saturated rings. The number of amides is 1. The second-order valence-corrected chi connectivity index (χ2v) is 7.67. The zero-order chi connectivity index (χ0) is 22.8. The second-order valence-electron chi connectivity index (χ2n) is 7.27. The van der Waals surface area contributed by atoms with Crippen molar-refractivity contribution in [2.75, 3.05) is 5.32 Å². The van der Waals surface area contributed by atoms with Crippen molar-refractivity contribution in [1.82, 2.24) is 4.98 Å². The van der Waals surface area contributed by atoms with Crippen LogP contribution in [0.15, 0.2) is 59.0 Å². The van der Waals surface area contributed by atoms with Gasteiger partial charge in [0.2, 0.25) is 5.89 Å². The molecule has 1 atom stereocenters. The molecule has 1 N–H and O–H groups in total. The number of fused-ring (bicyclic) bond motifs is 1. The Morgan fingerprint density at radius 1 is 1.16 bits per heavy atom. The van der Waals surface area contributed by atoms with Gasteiger partial charge in [0.1, 0.15) is 11.3 Å². The summed E-state index contributed by atoms with van der Waals surface area (Å²) < 4.78 is 38.4. The molecule has 0 saturated carbocycles. The fourth-order valence-corrected chi connectivity index (χ4v) is 3.27. The van der Waals surface area contributed by atoms with Crippen molar-refractivity contribution in [2.45, 2.75) is 26.4 Å². The predicted octanol–water partition coefficient (Wildman–Crippen LogP) is 6.86. The lowest BCUT2D eigenvalue weighted by Crippen LogP contribution is -2.13. The molecule has 0 saturated heterocycles. The van der Waals surface area contributed by atoms with Crippen LogP contribution in [0.5, 0.6) is 5.75 Å². The van der Waals surface area contributed by atoms with Gasteiger partial charge in [-0.25, -0.2) is 13.8 Å². The van der Waals surface area contributed by atoms with Gasteiger partial charge in [-0.2, -0.15) is 0 Å². The standard InChI is InChI=1S/C24H19ClF2N2O3/c1-3-13(2)31-16-6-4-5-14(9-16)23(30)28-15-7-8-22-21(10-15)29-24(32-22)17-11-19(26)20(27)12-18(17)25/h4-13H,3H2,1-2H3,(H,28,30)/t13-/m0/s1. The average molecular weight is 457 g/mol. The monoisotopic (exact) mass is 456 g/mol. The number of aromatic nitrogens is 1. The van der Waals surface area contributed by atoms with Crippen molar-refractivity contribution >= 4 is 34.3 Å². The first-order chi connectivity index (χ1) is 15.3. The number of hydrogen-bond donors (Lipinski definition) is 1. The van der Waals surface area contributed by atoms with Gasteiger partial charge in [0.15, 0.2) is 17.2 Å². The van der Waals surface area contributed by atoms with Crippen LogP contribution >= 0.6 is 11.6 Å². The molecule has 0 radical (unpaired) electrons. The maximum absolute atomic E-state index is 13.6. The Labute approximate surface area is 188 Å². The smallest absolute Gasteiger partial charge is 0.255 e. The van der Waals surface area contributed by atoms with E-state index in [0.29, 0.717) is 28.1 Å². The molecule has 1 aromatic heterocycles. The van der Waals surface area contributed by atoms with Crippen LogP contribution in [0.1, 0.15) is 30.6 Å². The SMILES string of the molecule is CC[C@H](C)Oc1cccc(C(=O)Nc2ccc3oc(-c4cc(F)c(F)cc4Cl)nc3c2)c1. The highest BCUT2D eigenvalue weighted by molar-refractivity contribution is 6.33. The zero-order valence-corrected chi connectivity index (χ0v) is 18.0. The summed E-state index contributed by atoms with van der Waals surface area (Å²) in [4.78, 5) is 17.0. The molecule has 0 aliphatic carbocycles. The summed E-state index contributed by atoms with van der Waals surface area (Å²) >= 11 is 6.01. The Morgan fingerprint density at radius 2 is 1.94 bits per heavy atom. The van der Waals surface area contributed by atoms with E-state index in [9.17, 15) is 13.6 Å². The Balaban J connectivity index is 1.57. The topological polar surface area (TPSA) is 64.4 Å². The highest BCUT2D eigenvalue weighted by Crippen LogP contribution is 2.32. The first-order valence-electron chi connectivity index (χ1n) is 9.97. The van der Waals surface area contributed by atoms with Crippen molar-refractivity contribution in [1.29, 1.82) is 0 Å². The number of rotatable bonds is 6. The molecular formula is C24H19ClF2N2O3. The van der Waals surface area contributed by atoms with Crippen LogP contribution in [0.2, 0.25) is 5.02 Å². The van der Waals surface area contributed by atoms with Crippen LogP contribution in [-0.2, 0) is 0 Å². The Bertz CT molecular complexity index is 1310. The molecular weight excluding hydrogens is 438 g/mol. The van der Waals surface area contributed by atoms with Gasteiger partial charge in [-0.05, 0) is 61.9 Å². The molecule has 1 amide bonds. The molecule has 164 valence electrons. The number of ether oxygens (including phenoxy) is 1. The van der Waals surface area contributed by atoms with Gasteiger partial charge >= 0.3 is 0 Å². The van der Waals surface area contributed by atoms with E-state index in [1.54, 1.807) is 42.5 Å². The highest BCUT2D eigenvalue weighted by atomic mass is 35.5. The number of nitrogens with zero attached hydrogens (tertiary/aromatic N) is 1. The largest absolute Gasteiger partial charge is 0.491 e. The van der Waals surface area contributed by atoms with E-state index in [1.807, 2.05) is 13.8 Å². The number of hydrogen-bond acceptors (Lipinski definition) is 4. The lowest BCUT2D eigenvalue weighted by atomic mass is 10.2. The molecule has 1 heterocycles. The predicted molar refractivity (Wildman–Crippen MR) is 119 cm³/mol. The summed E-state index contributed by atoms with van der Waals surface area (Å²) in [5.41, 5.74) is 1.90. The molecule has 0 bridgehead atoms. The first-order valence-corrected chi connectivity index (χ1v) is 10.4. The van der Waals surface area contributed by atoms with Gasteiger partial charge in [-0.3, -0.25) is 4.79 Å². The zero-order valence-electron chi connectivity index (χ0n) is 17.3. The van der Waals surface area contributed by atoms with Crippen LogP contribution in [-0.4, -0.2) is 17.0 Å². The maximum Gasteiger partial charge on any atom is 0.255 e. The summed E-state index contributed by atoms with van der Waals surface area (Å²) in [7, 11) is 0. The molecule has 4 aromatic rings. The van der Waals surface area contributed by atoms with Crippen molar-refractivity contribution < 1.29 is 22.7 Å². The maximum atomic E-state index is 13.6. The third-order valence-electron chi connectivity index (χ3n) is 4.89. The number of halogens is 3. The van der Waals surface area contributed by atoms with E-state index < -0.39 is 11.6 Å². The number of benzene rings is 3. The van der Waals surface area contributed by atoms with Crippen molar-refractivity contribution in [2.24, 2.45) is 0 Å². The van der Waals surface area contributed by atoms with Crippen LogP contribution < -0.4 is 10.1 Å². The molecule has 4 rings (SSSR count). The van der Waals surface area contributed by atoms with Crippen LogP contribution in [0.25, 0.3) is 22.6 Å². The minimum absolute atomic E-state index is 0.0246. The van der Waals surface area contributed by atoms with E-state index in [1.165, 1.54) is 0 Å². The number of carbonyl (C=O) groups is 1. The van der Waals surface area contributed by atoms with E-state index in [2.05, 4.69) is 10.3 Å². The summed E-state index contributed by atoms with van der Waals surface area (Å²) in [5, 5.41) is 2.79. The van der Waals surface area contributed by atoms with Gasteiger partial charge in [-0.15, -0.1) is 0 Å². The molecule has 32 heavy (non-hydrogen) atoms. The van der Waals surface area contributed by atoms with E-state index in [4.69, 9.17) is 20.8 Å². The fourth-order valence-electron chi connectivity index (χ4n) is 3.04. The minimum atomic E-state index is -1.06. The summed E-state index contributed by atoms with van der Waals surface area (Å²) in [6.07, 6.45) is 0.895. The molecule has 5 nitrogen and oxygen atoms in total. The van der Waals surface area contributed by atoms with E-state index >= 15 is 0 Å². The van der Waals surface area contributed by atoms with Gasteiger partial charge in [0, 0.05) is 11.3 Å². The highest BCUT2D eigenvalue weighted by Gasteiger charge is 2.16. The Morgan fingerprint density at radius 3 is 2.72 bits per heavy atom. The van der Waals surface area contributed by atoms with Gasteiger partial charge < -0.3 is 14.5 Å². The quantitative estimate of drug-likeness (QED) is 0.322. The molecule has 0 aliphatic heterocycles. The third kappa shape index (κ3) is 4.57. The van der Waals surface area contributed by atoms with E-state index in [-0.39, 0.29) is 28.5 Å². The Kier molecular flexibility index (Phi) is 6.10. The van der Waals surface area contributed by atoms with Crippen LogP contribution in [0.3, 0.4) is 0 Å². The van der Waals surface area contributed by atoms with Gasteiger partial charge in [0.05, 0.1) is 16.7 Å². The van der Waals surface area contributed by atoms with Crippen LogP contribution in [0.4, 0.5) is 14.5 Å². The number of carbonyl (C=O) groups excluding carboxylic acids is 1. The Hall–Kier alpha value is -3.45. The lowest BCUT2D eigenvalue weighted by molar-refractivity contribution is 0.102. The molecule has 0 spiro atoms. The summed E-state index contributed by atoms with van der Waals surface area (Å²) in [5.74, 6) is -1.77. The minimum Gasteiger partial charge on any atom is -0.491 e. The second kappa shape index (κ2) is 8.96. The van der Waals surface area contributed by atoms with Crippen molar-refractivity contribution in [3.05, 3.63) is 76.8 Å². The molecule has 0 unspecified atom stereocenters. The molecule has 0 aliphatic rings. The number of oxazole rings is 1. The normalized spacial score (nSPS) is 12.0. The van der Waals surface area contributed by atoms with Crippen molar-refractivity contribution in [3.8, 4) is 17.2 Å². The summed E-state index contributed by atoms with van der Waals surface area (Å²) in [6, 6.07) is 13.6. The third-order valence-corrected chi connectivity index (χ3v) is 5.21.